The fourth-order valence-electron chi connectivity index (χ4n) is 1.91. The molecule has 2 aromatic rings. The number of nitrogens with one attached hydrogen (secondary N) is 1. The summed E-state index contributed by atoms with van der Waals surface area (Å²) < 4.78 is 27.2. The van der Waals surface area contributed by atoms with Crippen molar-refractivity contribution < 1.29 is 18.4 Å². The molecule has 23 heavy (non-hydrogen) atoms. The van der Waals surface area contributed by atoms with Crippen LogP contribution in [0.2, 0.25) is 0 Å². The first-order valence-corrected chi connectivity index (χ1v) is 7.44. The highest BCUT2D eigenvalue weighted by molar-refractivity contribution is 9.10. The molecule has 7 heteroatoms. The van der Waals surface area contributed by atoms with E-state index < -0.39 is 23.4 Å². The van der Waals surface area contributed by atoms with Gasteiger partial charge in [-0.3, -0.25) is 9.59 Å². The van der Waals surface area contributed by atoms with Gasteiger partial charge in [0.25, 0.3) is 0 Å². The van der Waals surface area contributed by atoms with Gasteiger partial charge < -0.3 is 10.2 Å². The molecule has 0 atom stereocenters. The van der Waals surface area contributed by atoms with Crippen molar-refractivity contribution >= 4 is 39.1 Å². The lowest BCUT2D eigenvalue weighted by Gasteiger charge is -2.20. The Balaban J connectivity index is 2.12. The third-order valence-corrected chi connectivity index (χ3v) is 3.55. The maximum Gasteiger partial charge on any atom is 0.244 e. The number of hydrogen-bond donors (Lipinski definition) is 1. The molecular weight excluding hydrogens is 370 g/mol. The molecule has 0 unspecified atom stereocenters. The Hall–Kier alpha value is -2.28. The molecule has 0 fully saturated rings. The first-order valence-electron chi connectivity index (χ1n) is 6.65. The Kier molecular flexibility index (Phi) is 5.44. The van der Waals surface area contributed by atoms with Crippen LogP contribution >= 0.6 is 15.9 Å². The maximum atomic E-state index is 13.3. The van der Waals surface area contributed by atoms with Crippen LogP contribution in [0.4, 0.5) is 20.2 Å². The summed E-state index contributed by atoms with van der Waals surface area (Å²) in [5.74, 6) is -3.01. The van der Waals surface area contributed by atoms with Crippen molar-refractivity contribution in [2.45, 2.75) is 6.92 Å². The van der Waals surface area contributed by atoms with E-state index in [1.807, 2.05) is 0 Å². The summed E-state index contributed by atoms with van der Waals surface area (Å²) in [4.78, 5) is 24.8. The van der Waals surface area contributed by atoms with E-state index in [4.69, 9.17) is 0 Å². The summed E-state index contributed by atoms with van der Waals surface area (Å²) >= 11 is 3.28. The zero-order valence-corrected chi connectivity index (χ0v) is 13.7. The van der Waals surface area contributed by atoms with E-state index in [0.29, 0.717) is 5.69 Å². The van der Waals surface area contributed by atoms with Crippen molar-refractivity contribution in [3.63, 3.8) is 0 Å². The van der Waals surface area contributed by atoms with Crippen molar-refractivity contribution in [3.05, 3.63) is 58.6 Å². The molecule has 0 spiro atoms. The van der Waals surface area contributed by atoms with Crippen molar-refractivity contribution in [2.75, 3.05) is 16.8 Å². The van der Waals surface area contributed by atoms with Crippen LogP contribution < -0.4 is 10.2 Å². The Morgan fingerprint density at radius 3 is 2.30 bits per heavy atom. The van der Waals surface area contributed by atoms with Crippen molar-refractivity contribution in [3.8, 4) is 0 Å². The van der Waals surface area contributed by atoms with E-state index in [9.17, 15) is 18.4 Å². The van der Waals surface area contributed by atoms with Gasteiger partial charge in [-0.25, -0.2) is 8.78 Å². The van der Waals surface area contributed by atoms with Gasteiger partial charge in [-0.15, -0.1) is 0 Å². The lowest BCUT2D eigenvalue weighted by molar-refractivity contribution is -0.120. The number of rotatable bonds is 4. The molecular formula is C16H13BrF2N2O2. The highest BCUT2D eigenvalue weighted by Crippen LogP contribution is 2.19. The van der Waals surface area contributed by atoms with Gasteiger partial charge in [0.1, 0.15) is 6.54 Å². The average molecular weight is 383 g/mol. The molecule has 0 saturated heterocycles. The minimum atomic E-state index is -1.08. The van der Waals surface area contributed by atoms with Crippen LogP contribution in [0.5, 0.6) is 0 Å². The van der Waals surface area contributed by atoms with Crippen LogP contribution in [0.25, 0.3) is 0 Å². The first kappa shape index (κ1) is 17.1. The van der Waals surface area contributed by atoms with Gasteiger partial charge in [0, 0.05) is 28.8 Å². The molecule has 0 bridgehead atoms. The summed E-state index contributed by atoms with van der Waals surface area (Å²) in [5, 5.41) is 2.63. The van der Waals surface area contributed by atoms with Crippen LogP contribution in [0.1, 0.15) is 6.92 Å². The third-order valence-electron chi connectivity index (χ3n) is 3.02. The highest BCUT2D eigenvalue weighted by atomic mass is 79.9. The zero-order chi connectivity index (χ0) is 17.0. The fraction of sp³-hybridized carbons (Fsp3) is 0.125. The van der Waals surface area contributed by atoms with Crippen LogP contribution in [-0.4, -0.2) is 18.4 Å². The second kappa shape index (κ2) is 7.32. The summed E-state index contributed by atoms with van der Waals surface area (Å²) in [6.45, 7) is 0.935. The molecule has 0 aliphatic carbocycles. The van der Waals surface area contributed by atoms with Crippen molar-refractivity contribution in [1.29, 1.82) is 0 Å². The average Bonchev–Trinajstić information content (AvgIpc) is 2.50. The highest BCUT2D eigenvalue weighted by Gasteiger charge is 2.17. The Morgan fingerprint density at radius 1 is 1.09 bits per heavy atom. The van der Waals surface area contributed by atoms with Gasteiger partial charge in [-0.2, -0.15) is 0 Å². The smallest absolute Gasteiger partial charge is 0.244 e. The quantitative estimate of drug-likeness (QED) is 0.875. The molecule has 0 heterocycles. The molecule has 120 valence electrons. The van der Waals surface area contributed by atoms with E-state index in [2.05, 4.69) is 21.2 Å². The number of anilines is 2. The van der Waals surface area contributed by atoms with Gasteiger partial charge in [0.15, 0.2) is 11.6 Å². The molecule has 0 saturated carbocycles. The molecule has 0 radical (unpaired) electrons. The zero-order valence-electron chi connectivity index (χ0n) is 12.1. The number of carbonyl (C=O) groups is 2. The number of benzene rings is 2. The van der Waals surface area contributed by atoms with Crippen LogP contribution in [0, 0.1) is 11.6 Å². The van der Waals surface area contributed by atoms with Crippen LogP contribution in [0.15, 0.2) is 46.9 Å². The minimum Gasteiger partial charge on any atom is -0.325 e. The Labute approximate surface area is 140 Å². The largest absolute Gasteiger partial charge is 0.325 e. The van der Waals surface area contributed by atoms with E-state index >= 15 is 0 Å². The summed E-state index contributed by atoms with van der Waals surface area (Å²) in [6.07, 6.45) is 0. The van der Waals surface area contributed by atoms with Crippen LogP contribution in [-0.2, 0) is 9.59 Å². The van der Waals surface area contributed by atoms with Gasteiger partial charge in [-0.1, -0.05) is 15.9 Å². The van der Waals surface area contributed by atoms with E-state index in [1.165, 1.54) is 13.0 Å². The predicted octanol–water partition coefficient (Wildman–Crippen LogP) is 3.72. The predicted molar refractivity (Wildman–Crippen MR) is 87.2 cm³/mol. The summed E-state index contributed by atoms with van der Waals surface area (Å²) in [6, 6.07) is 9.93. The number of amides is 2. The maximum absolute atomic E-state index is 13.3. The monoisotopic (exact) mass is 382 g/mol. The van der Waals surface area contributed by atoms with Crippen molar-refractivity contribution in [1.82, 2.24) is 0 Å². The van der Waals surface area contributed by atoms with E-state index in [-0.39, 0.29) is 12.2 Å². The standard InChI is InChI=1S/C16H13BrF2N2O2/c1-10(22)21(13-6-7-14(18)15(19)8-13)9-16(23)20-12-4-2-11(17)3-5-12/h2-8H,9H2,1H3,(H,20,23). The second-order valence-corrected chi connectivity index (χ2v) is 5.67. The first-order chi connectivity index (χ1) is 10.9. The number of carbonyl (C=O) groups excluding carboxylic acids is 2. The molecule has 2 aromatic carbocycles. The van der Waals surface area contributed by atoms with Crippen LogP contribution in [0.3, 0.4) is 0 Å². The number of hydrogen-bond acceptors (Lipinski definition) is 2. The van der Waals surface area contributed by atoms with Gasteiger partial charge in [0.05, 0.1) is 0 Å². The van der Waals surface area contributed by atoms with Gasteiger partial charge in [-0.05, 0) is 36.4 Å². The van der Waals surface area contributed by atoms with Gasteiger partial charge in [0.2, 0.25) is 11.8 Å². The Morgan fingerprint density at radius 2 is 1.74 bits per heavy atom. The topological polar surface area (TPSA) is 49.4 Å². The molecule has 2 amide bonds. The van der Waals surface area contributed by atoms with E-state index in [1.54, 1.807) is 24.3 Å². The number of nitrogens with zero attached hydrogens (tertiary/aromatic N) is 1. The molecule has 0 aromatic heterocycles. The lowest BCUT2D eigenvalue weighted by Crippen LogP contribution is -2.36. The molecule has 2 rings (SSSR count). The summed E-state index contributed by atoms with van der Waals surface area (Å²) in [7, 11) is 0. The van der Waals surface area contributed by atoms with Crippen molar-refractivity contribution in [2.24, 2.45) is 0 Å². The molecule has 0 aliphatic heterocycles. The fourth-order valence-corrected chi connectivity index (χ4v) is 2.18. The van der Waals surface area contributed by atoms with Gasteiger partial charge >= 0.3 is 0 Å². The minimum absolute atomic E-state index is 0.113. The van der Waals surface area contributed by atoms with E-state index in [0.717, 1.165) is 21.5 Å². The summed E-state index contributed by atoms with van der Waals surface area (Å²) in [5.41, 5.74) is 0.675. The number of halogens is 3. The third kappa shape index (κ3) is 4.59. The Bertz CT molecular complexity index is 735. The molecule has 1 N–H and O–H groups in total. The second-order valence-electron chi connectivity index (χ2n) is 4.76. The normalized spacial score (nSPS) is 10.3. The SMILES string of the molecule is CC(=O)N(CC(=O)Nc1ccc(Br)cc1)c1ccc(F)c(F)c1. The molecule has 0 aliphatic rings. The lowest BCUT2D eigenvalue weighted by atomic mass is 10.2. The molecule has 4 nitrogen and oxygen atoms in total.